The second kappa shape index (κ2) is 3.16. The van der Waals surface area contributed by atoms with Gasteiger partial charge in [-0.3, -0.25) is 4.79 Å². The van der Waals surface area contributed by atoms with Gasteiger partial charge in [0.25, 0.3) is 0 Å². The molecule has 5 heteroatoms. The number of hydrogen-bond acceptors (Lipinski definition) is 3. The molecule has 1 unspecified atom stereocenters. The SMILES string of the molecule is Cn1ncc(CC2CCNC2=O)n1. The number of carbonyl (C=O) groups excluding carboxylic acids is 1. The first kappa shape index (κ1) is 8.22. The van der Waals surface area contributed by atoms with Crippen LogP contribution in [0.4, 0.5) is 0 Å². The molecule has 1 N–H and O–H groups in total. The number of hydrogen-bond donors (Lipinski definition) is 1. The maximum atomic E-state index is 11.2. The molecule has 1 atom stereocenters. The van der Waals surface area contributed by atoms with Crippen molar-refractivity contribution in [2.75, 3.05) is 6.54 Å². The molecule has 1 aliphatic rings. The zero-order valence-corrected chi connectivity index (χ0v) is 7.53. The van der Waals surface area contributed by atoms with Crippen molar-refractivity contribution in [2.24, 2.45) is 13.0 Å². The highest BCUT2D eigenvalue weighted by Gasteiger charge is 2.24. The maximum absolute atomic E-state index is 11.2. The number of rotatable bonds is 2. The van der Waals surface area contributed by atoms with Crippen LogP contribution in [0.15, 0.2) is 6.20 Å². The van der Waals surface area contributed by atoms with Gasteiger partial charge in [0.1, 0.15) is 0 Å². The fourth-order valence-electron chi connectivity index (χ4n) is 1.57. The van der Waals surface area contributed by atoms with E-state index in [9.17, 15) is 4.79 Å². The minimum atomic E-state index is 0.0942. The normalized spacial score (nSPS) is 21.9. The van der Waals surface area contributed by atoms with E-state index in [1.807, 2.05) is 0 Å². The zero-order chi connectivity index (χ0) is 9.26. The van der Waals surface area contributed by atoms with Gasteiger partial charge >= 0.3 is 0 Å². The van der Waals surface area contributed by atoms with Gasteiger partial charge < -0.3 is 5.32 Å². The molecule has 2 heterocycles. The summed E-state index contributed by atoms with van der Waals surface area (Å²) in [4.78, 5) is 12.7. The topological polar surface area (TPSA) is 59.8 Å². The van der Waals surface area contributed by atoms with Gasteiger partial charge in [-0.1, -0.05) is 0 Å². The zero-order valence-electron chi connectivity index (χ0n) is 7.53. The summed E-state index contributed by atoms with van der Waals surface area (Å²) in [7, 11) is 1.78. The van der Waals surface area contributed by atoms with Crippen molar-refractivity contribution in [3.8, 4) is 0 Å². The first-order valence-corrected chi connectivity index (χ1v) is 4.38. The number of aromatic nitrogens is 3. The monoisotopic (exact) mass is 180 g/mol. The Bertz CT molecular complexity index is 320. The molecule has 0 aliphatic carbocycles. The summed E-state index contributed by atoms with van der Waals surface area (Å²) in [5.74, 6) is 0.238. The number of carbonyl (C=O) groups is 1. The van der Waals surface area contributed by atoms with E-state index in [0.29, 0.717) is 6.42 Å². The lowest BCUT2D eigenvalue weighted by atomic mass is 10.0. The van der Waals surface area contributed by atoms with E-state index in [2.05, 4.69) is 15.5 Å². The minimum Gasteiger partial charge on any atom is -0.356 e. The van der Waals surface area contributed by atoms with Crippen molar-refractivity contribution < 1.29 is 4.79 Å². The van der Waals surface area contributed by atoms with Crippen molar-refractivity contribution in [1.29, 1.82) is 0 Å². The number of amides is 1. The molecule has 2 rings (SSSR count). The first-order chi connectivity index (χ1) is 6.25. The molecule has 1 aromatic heterocycles. The third kappa shape index (κ3) is 1.68. The smallest absolute Gasteiger partial charge is 0.223 e. The van der Waals surface area contributed by atoms with E-state index in [-0.39, 0.29) is 11.8 Å². The fraction of sp³-hybridized carbons (Fsp3) is 0.625. The molecule has 1 fully saturated rings. The van der Waals surface area contributed by atoms with Gasteiger partial charge in [-0.25, -0.2) is 0 Å². The average molecular weight is 180 g/mol. The lowest BCUT2D eigenvalue weighted by Crippen LogP contribution is -2.20. The molecule has 0 radical (unpaired) electrons. The highest BCUT2D eigenvalue weighted by Crippen LogP contribution is 2.14. The van der Waals surface area contributed by atoms with Crippen LogP contribution in [0.2, 0.25) is 0 Å². The quantitative estimate of drug-likeness (QED) is 0.667. The van der Waals surface area contributed by atoms with Crippen LogP contribution in [-0.2, 0) is 18.3 Å². The van der Waals surface area contributed by atoms with Gasteiger partial charge in [0, 0.05) is 25.9 Å². The van der Waals surface area contributed by atoms with E-state index in [1.165, 1.54) is 4.80 Å². The Hall–Kier alpha value is -1.39. The third-order valence-electron chi connectivity index (χ3n) is 2.27. The Balaban J connectivity index is 2.01. The minimum absolute atomic E-state index is 0.0942. The lowest BCUT2D eigenvalue weighted by Gasteiger charge is -2.01. The molecule has 1 amide bonds. The van der Waals surface area contributed by atoms with Crippen molar-refractivity contribution in [3.63, 3.8) is 0 Å². The Kier molecular flexibility index (Phi) is 2.00. The number of nitrogens with one attached hydrogen (secondary N) is 1. The molecule has 0 bridgehead atoms. The van der Waals surface area contributed by atoms with E-state index in [0.717, 1.165) is 18.7 Å². The Labute approximate surface area is 76.1 Å². The van der Waals surface area contributed by atoms with Crippen LogP contribution in [0.1, 0.15) is 12.1 Å². The highest BCUT2D eigenvalue weighted by atomic mass is 16.2. The molecule has 0 saturated carbocycles. The molecule has 13 heavy (non-hydrogen) atoms. The van der Waals surface area contributed by atoms with Crippen LogP contribution >= 0.6 is 0 Å². The maximum Gasteiger partial charge on any atom is 0.223 e. The molecule has 1 saturated heterocycles. The third-order valence-corrected chi connectivity index (χ3v) is 2.27. The summed E-state index contributed by atoms with van der Waals surface area (Å²) in [6, 6.07) is 0. The van der Waals surface area contributed by atoms with Gasteiger partial charge in [-0.15, -0.1) is 0 Å². The second-order valence-corrected chi connectivity index (χ2v) is 3.31. The van der Waals surface area contributed by atoms with E-state index in [4.69, 9.17) is 0 Å². The summed E-state index contributed by atoms with van der Waals surface area (Å²) in [6.07, 6.45) is 3.33. The van der Waals surface area contributed by atoms with Gasteiger partial charge in [-0.2, -0.15) is 15.0 Å². The van der Waals surface area contributed by atoms with Gasteiger partial charge in [0.2, 0.25) is 5.91 Å². The standard InChI is InChI=1S/C8H12N4O/c1-12-10-5-7(11-12)4-6-2-3-9-8(6)13/h5-6H,2-4H2,1H3,(H,9,13). The summed E-state index contributed by atoms with van der Waals surface area (Å²) in [5, 5.41) is 10.9. The van der Waals surface area contributed by atoms with Crippen LogP contribution in [-0.4, -0.2) is 27.4 Å². The summed E-state index contributed by atoms with van der Waals surface area (Å²) >= 11 is 0. The molecule has 1 aliphatic heterocycles. The summed E-state index contributed by atoms with van der Waals surface area (Å²) < 4.78 is 0. The van der Waals surface area contributed by atoms with Crippen molar-refractivity contribution in [1.82, 2.24) is 20.3 Å². The average Bonchev–Trinajstić information content (AvgIpc) is 2.64. The fourth-order valence-corrected chi connectivity index (χ4v) is 1.57. The van der Waals surface area contributed by atoms with E-state index >= 15 is 0 Å². The van der Waals surface area contributed by atoms with Gasteiger partial charge in [0.15, 0.2) is 0 Å². The van der Waals surface area contributed by atoms with Crippen LogP contribution in [0.3, 0.4) is 0 Å². The van der Waals surface area contributed by atoms with Crippen LogP contribution in [0.5, 0.6) is 0 Å². The Morgan fingerprint density at radius 1 is 1.77 bits per heavy atom. The van der Waals surface area contributed by atoms with E-state index < -0.39 is 0 Å². The Morgan fingerprint density at radius 3 is 3.15 bits per heavy atom. The highest BCUT2D eigenvalue weighted by molar-refractivity contribution is 5.80. The number of nitrogens with zero attached hydrogens (tertiary/aromatic N) is 3. The van der Waals surface area contributed by atoms with Crippen LogP contribution < -0.4 is 5.32 Å². The van der Waals surface area contributed by atoms with E-state index in [1.54, 1.807) is 13.2 Å². The van der Waals surface area contributed by atoms with Crippen molar-refractivity contribution in [2.45, 2.75) is 12.8 Å². The molecule has 1 aromatic rings. The second-order valence-electron chi connectivity index (χ2n) is 3.31. The number of aryl methyl sites for hydroxylation is 1. The summed E-state index contributed by atoms with van der Waals surface area (Å²) in [6.45, 7) is 0.795. The largest absolute Gasteiger partial charge is 0.356 e. The molecular formula is C8H12N4O. The van der Waals surface area contributed by atoms with Gasteiger partial charge in [-0.05, 0) is 6.42 Å². The first-order valence-electron chi connectivity index (χ1n) is 4.38. The predicted octanol–water partition coefficient (Wildman–Crippen LogP) is -0.506. The molecule has 70 valence electrons. The molecule has 5 nitrogen and oxygen atoms in total. The van der Waals surface area contributed by atoms with Gasteiger partial charge in [0.05, 0.1) is 11.9 Å². The molecule has 0 aromatic carbocycles. The van der Waals surface area contributed by atoms with Crippen LogP contribution in [0, 0.1) is 5.92 Å². The van der Waals surface area contributed by atoms with Crippen LogP contribution in [0.25, 0.3) is 0 Å². The molecule has 0 spiro atoms. The predicted molar refractivity (Wildman–Crippen MR) is 45.8 cm³/mol. The van der Waals surface area contributed by atoms with Crippen molar-refractivity contribution >= 4 is 5.91 Å². The lowest BCUT2D eigenvalue weighted by molar-refractivity contribution is -0.122. The molecular weight excluding hydrogens is 168 g/mol. The van der Waals surface area contributed by atoms with Crippen molar-refractivity contribution in [3.05, 3.63) is 11.9 Å². The Morgan fingerprint density at radius 2 is 2.62 bits per heavy atom. The summed E-state index contributed by atoms with van der Waals surface area (Å²) in [5.41, 5.74) is 0.893.